The van der Waals surface area contributed by atoms with Crippen LogP contribution in [-0.4, -0.2) is 24.5 Å². The van der Waals surface area contributed by atoms with Crippen LogP contribution in [0.25, 0.3) is 0 Å². The zero-order valence-corrected chi connectivity index (χ0v) is 23.7. The second kappa shape index (κ2) is 15.3. The number of ether oxygens (including phenoxy) is 1. The third kappa shape index (κ3) is 10.4. The molecule has 0 aliphatic carbocycles. The van der Waals surface area contributed by atoms with E-state index < -0.39 is 0 Å². The van der Waals surface area contributed by atoms with Crippen molar-refractivity contribution in [3.05, 3.63) is 64.0 Å². The Morgan fingerprint density at radius 2 is 1.15 bits per heavy atom. The molecule has 0 bridgehead atoms. The van der Waals surface area contributed by atoms with Gasteiger partial charge in [0.15, 0.2) is 0 Å². The van der Waals surface area contributed by atoms with Crippen LogP contribution < -0.4 is 0 Å². The van der Waals surface area contributed by atoms with Crippen LogP contribution in [-0.2, 0) is 26.0 Å². The summed E-state index contributed by atoms with van der Waals surface area (Å²) < 4.78 is 4.37. The summed E-state index contributed by atoms with van der Waals surface area (Å²) in [6, 6.07) is 8.00. The van der Waals surface area contributed by atoms with Gasteiger partial charge < -0.3 is 12.2 Å². The summed E-state index contributed by atoms with van der Waals surface area (Å²) in [5, 5.41) is 1.31. The molecule has 0 atom stereocenters. The van der Waals surface area contributed by atoms with Crippen molar-refractivity contribution in [1.29, 1.82) is 0 Å². The SMILES string of the molecule is CC(=Nc1c(C)cc(C)cc1Cl)C(C)=Nc1c(C)cc(C)cc1Cl.COC(=O)C(C)C.[CH3-].[Ni]. The Hall–Kier alpha value is -1.68. The number of aliphatic imine (C=N–C) groups is 2. The van der Waals surface area contributed by atoms with Gasteiger partial charge in [-0.25, -0.2) is 0 Å². The molecule has 0 saturated heterocycles. The van der Waals surface area contributed by atoms with Crippen LogP contribution in [0.2, 0.25) is 10.0 Å². The number of hydrogen-bond acceptors (Lipinski definition) is 4. The predicted octanol–water partition coefficient (Wildman–Crippen LogP) is 8.38. The van der Waals surface area contributed by atoms with Gasteiger partial charge in [-0.15, -0.1) is 0 Å². The smallest absolute Gasteiger partial charge is 0.308 e. The van der Waals surface area contributed by atoms with Crippen molar-refractivity contribution in [3.8, 4) is 0 Å². The summed E-state index contributed by atoms with van der Waals surface area (Å²) in [5.41, 5.74) is 7.58. The maximum Gasteiger partial charge on any atom is 0.308 e. The van der Waals surface area contributed by atoms with Crippen LogP contribution in [0.1, 0.15) is 49.9 Å². The minimum Gasteiger partial charge on any atom is -0.469 e. The van der Waals surface area contributed by atoms with Crippen molar-refractivity contribution in [2.75, 3.05) is 7.11 Å². The zero-order valence-electron chi connectivity index (χ0n) is 21.2. The van der Waals surface area contributed by atoms with Gasteiger partial charge in [0.2, 0.25) is 0 Å². The minimum absolute atomic E-state index is 0. The number of methoxy groups -OCH3 is 1. The maximum absolute atomic E-state index is 10.3. The van der Waals surface area contributed by atoms with Gasteiger partial charge in [0, 0.05) is 16.5 Å². The zero-order chi connectivity index (χ0) is 23.9. The molecule has 0 radical (unpaired) electrons. The number of hydrogen-bond donors (Lipinski definition) is 0. The van der Waals surface area contributed by atoms with Crippen molar-refractivity contribution < 1.29 is 26.0 Å². The third-order valence-electron chi connectivity index (χ3n) is 4.55. The van der Waals surface area contributed by atoms with E-state index in [0.29, 0.717) is 10.0 Å². The van der Waals surface area contributed by atoms with Crippen LogP contribution in [0, 0.1) is 41.0 Å². The first-order chi connectivity index (χ1) is 14.4. The van der Waals surface area contributed by atoms with E-state index in [0.717, 1.165) is 45.1 Å². The molecule has 2 aromatic rings. The summed E-state index contributed by atoms with van der Waals surface area (Å²) in [4.78, 5) is 19.7. The fourth-order valence-corrected chi connectivity index (χ4v) is 3.56. The number of nitrogens with zero attached hydrogens (tertiary/aromatic N) is 2. The quantitative estimate of drug-likeness (QED) is 0.170. The number of rotatable bonds is 4. The largest absolute Gasteiger partial charge is 0.469 e. The molecule has 2 aromatic carbocycles. The molecule has 0 spiro atoms. The molecule has 0 aliphatic rings. The Labute approximate surface area is 219 Å². The summed E-state index contributed by atoms with van der Waals surface area (Å²) in [6.45, 7) is 15.5. The molecule has 33 heavy (non-hydrogen) atoms. The van der Waals surface area contributed by atoms with E-state index in [1.54, 1.807) is 13.8 Å². The predicted molar refractivity (Wildman–Crippen MR) is 141 cm³/mol. The van der Waals surface area contributed by atoms with Gasteiger partial charge in [-0.05, 0) is 75.9 Å². The molecule has 0 aromatic heterocycles. The first kappa shape index (κ1) is 33.5. The van der Waals surface area contributed by atoms with Crippen LogP contribution in [0.3, 0.4) is 0 Å². The normalized spacial score (nSPS) is 11.2. The number of carbonyl (C=O) groups is 1. The first-order valence-corrected chi connectivity index (χ1v) is 10.8. The first-order valence-electron chi connectivity index (χ1n) is 10.1. The Morgan fingerprint density at radius 3 is 1.36 bits per heavy atom. The molecule has 0 N–H and O–H groups in total. The van der Waals surface area contributed by atoms with Crippen molar-refractivity contribution >= 4 is 52.0 Å². The van der Waals surface area contributed by atoms with Gasteiger partial charge in [-0.3, -0.25) is 14.8 Å². The van der Waals surface area contributed by atoms with E-state index in [1.807, 2.05) is 53.7 Å². The average Bonchev–Trinajstić information content (AvgIpc) is 2.66. The van der Waals surface area contributed by atoms with Crippen LogP contribution in [0.5, 0.6) is 0 Å². The van der Waals surface area contributed by atoms with Crippen LogP contribution in [0.15, 0.2) is 34.3 Å². The molecule has 7 heteroatoms. The fourth-order valence-electron chi connectivity index (χ4n) is 2.83. The molecule has 0 heterocycles. The second-order valence-electron chi connectivity index (χ2n) is 7.90. The third-order valence-corrected chi connectivity index (χ3v) is 5.13. The number of carbonyl (C=O) groups excluding carboxylic acids is 1. The molecule has 0 unspecified atom stereocenters. The van der Waals surface area contributed by atoms with E-state index >= 15 is 0 Å². The van der Waals surface area contributed by atoms with E-state index in [1.165, 1.54) is 7.11 Å². The van der Waals surface area contributed by atoms with E-state index in [-0.39, 0.29) is 35.8 Å². The maximum atomic E-state index is 10.3. The molecule has 4 nitrogen and oxygen atoms in total. The van der Waals surface area contributed by atoms with Crippen molar-refractivity contribution in [1.82, 2.24) is 0 Å². The number of aryl methyl sites for hydroxylation is 4. The van der Waals surface area contributed by atoms with Gasteiger partial charge in [0.1, 0.15) is 0 Å². The standard InChI is InChI=1S/C20H22Cl2N2.C5H10O2.CH3.Ni/c1-11-7-13(3)19(17(21)9-11)23-15(5)16(6)24-20-14(4)8-12(2)10-18(20)22;1-4(2)5(6)7-3;;/h7-10H,1-6H3;4H,1-3H3;1H3;/q;;-1;. The Balaban J connectivity index is 0. The number of benzene rings is 2. The van der Waals surface area contributed by atoms with E-state index in [4.69, 9.17) is 23.2 Å². The van der Waals surface area contributed by atoms with Crippen LogP contribution in [0.4, 0.5) is 11.4 Å². The minimum atomic E-state index is -0.153. The Morgan fingerprint density at radius 1 is 0.818 bits per heavy atom. The Bertz CT molecular complexity index is 898. The van der Waals surface area contributed by atoms with Gasteiger partial charge in [0.05, 0.1) is 45.9 Å². The monoisotopic (exact) mass is 535 g/mol. The van der Waals surface area contributed by atoms with Gasteiger partial charge >= 0.3 is 5.97 Å². The van der Waals surface area contributed by atoms with Crippen molar-refractivity contribution in [2.24, 2.45) is 15.9 Å². The molecular weight excluding hydrogens is 502 g/mol. The summed E-state index contributed by atoms with van der Waals surface area (Å²) in [7, 11) is 1.39. The molecule has 0 saturated carbocycles. The molecular formula is C26H35Cl2N2NiO2-. The molecule has 186 valence electrons. The molecule has 0 amide bonds. The molecule has 2 rings (SSSR count). The van der Waals surface area contributed by atoms with Gasteiger partial charge in [0.25, 0.3) is 0 Å². The summed E-state index contributed by atoms with van der Waals surface area (Å²) in [6.07, 6.45) is 0. The van der Waals surface area contributed by atoms with Gasteiger partial charge in [-0.2, -0.15) is 0 Å². The van der Waals surface area contributed by atoms with E-state index in [2.05, 4.69) is 26.9 Å². The van der Waals surface area contributed by atoms with Crippen LogP contribution >= 0.6 is 23.2 Å². The molecule has 0 aliphatic heterocycles. The van der Waals surface area contributed by atoms with Crippen molar-refractivity contribution in [2.45, 2.75) is 55.4 Å². The summed E-state index contributed by atoms with van der Waals surface area (Å²) in [5.74, 6) is -0.148. The molecule has 0 fully saturated rings. The van der Waals surface area contributed by atoms with Crippen molar-refractivity contribution in [3.63, 3.8) is 0 Å². The number of esters is 1. The number of halogens is 2. The van der Waals surface area contributed by atoms with Gasteiger partial charge in [-0.1, -0.05) is 49.2 Å². The second-order valence-corrected chi connectivity index (χ2v) is 8.71. The topological polar surface area (TPSA) is 51.0 Å². The Kier molecular flexibility index (Phi) is 15.5. The van der Waals surface area contributed by atoms with E-state index in [9.17, 15) is 4.79 Å². The average molecular weight is 537 g/mol. The fraction of sp³-hybridized carbons (Fsp3) is 0.385. The summed E-state index contributed by atoms with van der Waals surface area (Å²) >= 11 is 12.7.